The van der Waals surface area contributed by atoms with Crippen molar-refractivity contribution in [1.82, 2.24) is 0 Å². The highest BCUT2D eigenvalue weighted by atomic mass is 16.5. The van der Waals surface area contributed by atoms with E-state index in [4.69, 9.17) is 4.74 Å². The van der Waals surface area contributed by atoms with E-state index < -0.39 is 0 Å². The number of hydrogen-bond acceptors (Lipinski definition) is 2. The molecule has 2 heteroatoms. The molecule has 1 saturated carbocycles. The molecule has 0 saturated heterocycles. The normalized spacial score (nSPS) is 16.4. The summed E-state index contributed by atoms with van der Waals surface area (Å²) in [6, 6.07) is 4.19. The van der Waals surface area contributed by atoms with E-state index in [1.165, 1.54) is 42.5 Å². The molecule has 88 valence electrons. The number of rotatable bonds is 3. The van der Waals surface area contributed by atoms with Gasteiger partial charge < -0.3 is 10.1 Å². The second kappa shape index (κ2) is 4.77. The van der Waals surface area contributed by atoms with E-state index in [9.17, 15) is 0 Å². The van der Waals surface area contributed by atoms with Gasteiger partial charge in [-0.15, -0.1) is 0 Å². The summed E-state index contributed by atoms with van der Waals surface area (Å²) in [5.41, 5.74) is 3.74. The molecule has 0 atom stereocenters. The van der Waals surface area contributed by atoms with E-state index in [-0.39, 0.29) is 0 Å². The molecule has 1 aromatic rings. The van der Waals surface area contributed by atoms with E-state index >= 15 is 0 Å². The number of hydrogen-bond donors (Lipinski definition) is 1. The number of nitrogens with one attached hydrogen (secondary N) is 1. The van der Waals surface area contributed by atoms with E-state index in [1.54, 1.807) is 0 Å². The number of anilines is 1. The first-order chi connectivity index (χ1) is 7.72. The third kappa shape index (κ3) is 2.16. The minimum Gasteiger partial charge on any atom is -0.490 e. The molecule has 0 radical (unpaired) electrons. The van der Waals surface area contributed by atoms with Crippen LogP contribution in [-0.2, 0) is 0 Å². The summed E-state index contributed by atoms with van der Waals surface area (Å²) >= 11 is 0. The maximum absolute atomic E-state index is 6.06. The van der Waals surface area contributed by atoms with Crippen LogP contribution in [0.2, 0.25) is 0 Å². The molecule has 16 heavy (non-hydrogen) atoms. The largest absolute Gasteiger partial charge is 0.490 e. The van der Waals surface area contributed by atoms with Crippen LogP contribution in [0.3, 0.4) is 0 Å². The first-order valence-corrected chi connectivity index (χ1v) is 6.17. The van der Waals surface area contributed by atoms with Crippen LogP contribution in [0.25, 0.3) is 0 Å². The second-order valence-corrected chi connectivity index (χ2v) is 4.64. The van der Waals surface area contributed by atoms with Crippen LogP contribution < -0.4 is 10.1 Å². The molecule has 0 unspecified atom stereocenters. The minimum atomic E-state index is 0.443. The van der Waals surface area contributed by atoms with Crippen molar-refractivity contribution in [1.29, 1.82) is 0 Å². The van der Waals surface area contributed by atoms with Crippen molar-refractivity contribution >= 4 is 5.69 Å². The summed E-state index contributed by atoms with van der Waals surface area (Å²) in [6.07, 6.45) is 5.51. The van der Waals surface area contributed by atoms with E-state index in [1.807, 2.05) is 7.05 Å². The average Bonchev–Trinajstić information content (AvgIpc) is 2.78. The van der Waals surface area contributed by atoms with Gasteiger partial charge in [-0.1, -0.05) is 0 Å². The van der Waals surface area contributed by atoms with Crippen molar-refractivity contribution in [3.05, 3.63) is 23.3 Å². The van der Waals surface area contributed by atoms with Gasteiger partial charge in [0.05, 0.1) is 6.10 Å². The second-order valence-electron chi connectivity index (χ2n) is 4.64. The van der Waals surface area contributed by atoms with Crippen molar-refractivity contribution in [3.8, 4) is 5.75 Å². The highest BCUT2D eigenvalue weighted by Gasteiger charge is 2.17. The van der Waals surface area contributed by atoms with Gasteiger partial charge in [0.2, 0.25) is 0 Å². The average molecular weight is 219 g/mol. The van der Waals surface area contributed by atoms with Gasteiger partial charge >= 0.3 is 0 Å². The Labute approximate surface area is 98.0 Å². The summed E-state index contributed by atoms with van der Waals surface area (Å²) in [5.74, 6) is 1.06. The fourth-order valence-corrected chi connectivity index (χ4v) is 2.38. The minimum absolute atomic E-state index is 0.443. The zero-order valence-corrected chi connectivity index (χ0v) is 10.5. The standard InChI is InChI=1S/C14H21NO/c1-10-11(2)14(9-8-13(10)15-3)16-12-6-4-5-7-12/h8-9,12,15H,4-7H2,1-3H3. The van der Waals surface area contributed by atoms with Gasteiger partial charge in [0.1, 0.15) is 5.75 Å². The Bertz CT molecular complexity index is 367. The topological polar surface area (TPSA) is 21.3 Å². The van der Waals surface area contributed by atoms with Crippen molar-refractivity contribution < 1.29 is 4.74 Å². The molecular formula is C14H21NO. The van der Waals surface area contributed by atoms with Crippen LogP contribution in [0.4, 0.5) is 5.69 Å². The van der Waals surface area contributed by atoms with Crippen molar-refractivity contribution in [2.45, 2.75) is 45.6 Å². The molecule has 2 nitrogen and oxygen atoms in total. The van der Waals surface area contributed by atoms with E-state index in [2.05, 4.69) is 31.3 Å². The van der Waals surface area contributed by atoms with Gasteiger partial charge in [-0.05, 0) is 62.8 Å². The van der Waals surface area contributed by atoms with E-state index in [0.29, 0.717) is 6.10 Å². The first kappa shape index (κ1) is 11.3. The Morgan fingerprint density at radius 1 is 1.12 bits per heavy atom. The van der Waals surface area contributed by atoms with Crippen LogP contribution in [0, 0.1) is 13.8 Å². The molecule has 0 aliphatic heterocycles. The van der Waals surface area contributed by atoms with Crippen molar-refractivity contribution in [2.75, 3.05) is 12.4 Å². The molecule has 1 aliphatic carbocycles. The molecule has 0 heterocycles. The molecule has 1 N–H and O–H groups in total. The Hall–Kier alpha value is -1.18. The lowest BCUT2D eigenvalue weighted by Gasteiger charge is -2.18. The molecule has 1 fully saturated rings. The fourth-order valence-electron chi connectivity index (χ4n) is 2.38. The van der Waals surface area contributed by atoms with Crippen LogP contribution in [0.5, 0.6) is 5.75 Å². The summed E-state index contributed by atoms with van der Waals surface area (Å²) in [6.45, 7) is 4.28. The smallest absolute Gasteiger partial charge is 0.123 e. The zero-order chi connectivity index (χ0) is 11.5. The lowest BCUT2D eigenvalue weighted by molar-refractivity contribution is 0.208. The first-order valence-electron chi connectivity index (χ1n) is 6.17. The Balaban J connectivity index is 2.18. The van der Waals surface area contributed by atoms with Gasteiger partial charge in [-0.3, -0.25) is 0 Å². The fraction of sp³-hybridized carbons (Fsp3) is 0.571. The number of ether oxygens (including phenoxy) is 1. The molecule has 0 amide bonds. The maximum Gasteiger partial charge on any atom is 0.123 e. The van der Waals surface area contributed by atoms with Crippen molar-refractivity contribution in [3.63, 3.8) is 0 Å². The predicted molar refractivity (Wildman–Crippen MR) is 68.3 cm³/mol. The van der Waals surface area contributed by atoms with Crippen LogP contribution in [-0.4, -0.2) is 13.2 Å². The molecule has 0 aromatic heterocycles. The van der Waals surface area contributed by atoms with Gasteiger partial charge in [-0.2, -0.15) is 0 Å². The zero-order valence-electron chi connectivity index (χ0n) is 10.5. The quantitative estimate of drug-likeness (QED) is 0.837. The third-order valence-corrected chi connectivity index (χ3v) is 3.60. The Morgan fingerprint density at radius 3 is 2.44 bits per heavy atom. The lowest BCUT2D eigenvalue weighted by atomic mass is 10.1. The Kier molecular flexibility index (Phi) is 3.37. The molecule has 2 rings (SSSR count). The van der Waals surface area contributed by atoms with Gasteiger partial charge in [0.15, 0.2) is 0 Å². The predicted octanol–water partition coefficient (Wildman–Crippen LogP) is 3.67. The Morgan fingerprint density at radius 2 is 1.81 bits per heavy atom. The monoisotopic (exact) mass is 219 g/mol. The molecule has 1 aliphatic rings. The van der Waals surface area contributed by atoms with Crippen LogP contribution >= 0.6 is 0 Å². The maximum atomic E-state index is 6.06. The van der Waals surface area contributed by atoms with E-state index in [0.717, 1.165) is 5.75 Å². The van der Waals surface area contributed by atoms with Crippen molar-refractivity contribution in [2.24, 2.45) is 0 Å². The molecule has 0 spiro atoms. The van der Waals surface area contributed by atoms with Gasteiger partial charge in [0.25, 0.3) is 0 Å². The van der Waals surface area contributed by atoms with Crippen LogP contribution in [0.15, 0.2) is 12.1 Å². The highest BCUT2D eigenvalue weighted by molar-refractivity contribution is 5.57. The summed E-state index contributed by atoms with van der Waals surface area (Å²) < 4.78 is 6.06. The van der Waals surface area contributed by atoms with Crippen LogP contribution in [0.1, 0.15) is 36.8 Å². The highest BCUT2D eigenvalue weighted by Crippen LogP contribution is 2.30. The van der Waals surface area contributed by atoms with Gasteiger partial charge in [0, 0.05) is 12.7 Å². The summed E-state index contributed by atoms with van der Waals surface area (Å²) in [7, 11) is 1.96. The molecular weight excluding hydrogens is 198 g/mol. The number of benzene rings is 1. The summed E-state index contributed by atoms with van der Waals surface area (Å²) in [5, 5.41) is 3.20. The van der Waals surface area contributed by atoms with Gasteiger partial charge in [-0.25, -0.2) is 0 Å². The lowest BCUT2D eigenvalue weighted by Crippen LogP contribution is -2.12. The molecule has 0 bridgehead atoms. The summed E-state index contributed by atoms with van der Waals surface area (Å²) in [4.78, 5) is 0. The molecule has 1 aromatic carbocycles. The third-order valence-electron chi connectivity index (χ3n) is 3.60. The SMILES string of the molecule is CNc1ccc(OC2CCCC2)c(C)c1C.